The molecule has 1 aromatic carbocycles. The van der Waals surface area contributed by atoms with E-state index in [4.69, 9.17) is 5.73 Å². The lowest BCUT2D eigenvalue weighted by molar-refractivity contribution is -0.117. The summed E-state index contributed by atoms with van der Waals surface area (Å²) in [7, 11) is 1.81. The lowest BCUT2D eigenvalue weighted by atomic mass is 10.1. The standard InChI is InChI=1S/C21H25FN6OS/c1-12-19(30-14(3)27-12)13(2)28(4)21-18(22)20(25-11-26-21)24-10-16-7-5-15(6-8-16)9-17(23)29/h5-8,11,13H,9-10H2,1-4H3,(H2,23,29)(H,24,25,26). The summed E-state index contributed by atoms with van der Waals surface area (Å²) in [6.07, 6.45) is 1.55. The number of nitrogens with zero attached hydrogens (tertiary/aromatic N) is 4. The summed E-state index contributed by atoms with van der Waals surface area (Å²) in [6, 6.07) is 7.32. The highest BCUT2D eigenvalue weighted by Crippen LogP contribution is 2.32. The first-order valence-electron chi connectivity index (χ1n) is 9.53. The molecule has 7 nitrogen and oxygen atoms in total. The first-order chi connectivity index (χ1) is 14.3. The van der Waals surface area contributed by atoms with Crippen molar-refractivity contribution < 1.29 is 9.18 Å². The quantitative estimate of drug-likeness (QED) is 0.570. The number of amides is 1. The Balaban J connectivity index is 1.73. The van der Waals surface area contributed by atoms with Crippen LogP contribution in [0.1, 0.15) is 39.7 Å². The van der Waals surface area contributed by atoms with Crippen molar-refractivity contribution in [2.24, 2.45) is 5.73 Å². The largest absolute Gasteiger partial charge is 0.369 e. The Hall–Kier alpha value is -3.07. The molecule has 30 heavy (non-hydrogen) atoms. The number of primary amides is 1. The number of halogens is 1. The fourth-order valence-corrected chi connectivity index (χ4v) is 4.21. The Bertz CT molecular complexity index is 1040. The van der Waals surface area contributed by atoms with Crippen LogP contribution in [0.25, 0.3) is 0 Å². The minimum absolute atomic E-state index is 0.0775. The van der Waals surface area contributed by atoms with Crippen molar-refractivity contribution >= 4 is 28.9 Å². The molecule has 3 N–H and O–H groups in total. The number of benzene rings is 1. The van der Waals surface area contributed by atoms with E-state index in [9.17, 15) is 4.79 Å². The van der Waals surface area contributed by atoms with Gasteiger partial charge in [0, 0.05) is 18.5 Å². The number of nitrogens with one attached hydrogen (secondary N) is 1. The van der Waals surface area contributed by atoms with Gasteiger partial charge in [0.15, 0.2) is 11.6 Å². The molecule has 2 heterocycles. The molecule has 0 radical (unpaired) electrons. The molecule has 1 unspecified atom stereocenters. The van der Waals surface area contributed by atoms with Gasteiger partial charge in [-0.1, -0.05) is 24.3 Å². The summed E-state index contributed by atoms with van der Waals surface area (Å²) in [4.78, 5) is 26.5. The van der Waals surface area contributed by atoms with Crippen LogP contribution in [0.2, 0.25) is 0 Å². The number of thiazole rings is 1. The molecule has 1 amide bonds. The SMILES string of the molecule is Cc1nc(C)c(C(C)N(C)c2ncnc(NCc3ccc(CC(N)=O)cc3)c2F)s1. The van der Waals surface area contributed by atoms with Crippen LogP contribution in [-0.4, -0.2) is 27.9 Å². The van der Waals surface area contributed by atoms with Crippen LogP contribution in [0.15, 0.2) is 30.6 Å². The van der Waals surface area contributed by atoms with Gasteiger partial charge in [-0.05, 0) is 31.9 Å². The average molecular weight is 429 g/mol. The van der Waals surface area contributed by atoms with Crippen LogP contribution in [0.5, 0.6) is 0 Å². The lowest BCUT2D eigenvalue weighted by Crippen LogP contribution is -2.24. The van der Waals surface area contributed by atoms with Crippen molar-refractivity contribution in [2.75, 3.05) is 17.3 Å². The van der Waals surface area contributed by atoms with Crippen molar-refractivity contribution in [3.05, 3.63) is 63.1 Å². The van der Waals surface area contributed by atoms with E-state index in [1.54, 1.807) is 16.2 Å². The third-order valence-electron chi connectivity index (χ3n) is 4.87. The highest BCUT2D eigenvalue weighted by atomic mass is 32.1. The number of anilines is 2. The molecule has 0 aliphatic carbocycles. The maximum Gasteiger partial charge on any atom is 0.221 e. The van der Waals surface area contributed by atoms with E-state index >= 15 is 4.39 Å². The highest BCUT2D eigenvalue weighted by molar-refractivity contribution is 7.11. The third kappa shape index (κ3) is 4.91. The van der Waals surface area contributed by atoms with Crippen molar-refractivity contribution in [1.82, 2.24) is 15.0 Å². The monoisotopic (exact) mass is 428 g/mol. The molecule has 158 valence electrons. The third-order valence-corrected chi connectivity index (χ3v) is 6.11. The number of nitrogens with two attached hydrogens (primary N) is 1. The zero-order chi connectivity index (χ0) is 21.8. The summed E-state index contributed by atoms with van der Waals surface area (Å²) in [5.41, 5.74) is 7.92. The topological polar surface area (TPSA) is 97.0 Å². The first kappa shape index (κ1) is 21.6. The summed E-state index contributed by atoms with van der Waals surface area (Å²) in [5, 5.41) is 4.01. The van der Waals surface area contributed by atoms with Gasteiger partial charge in [0.1, 0.15) is 6.33 Å². The fraction of sp³-hybridized carbons (Fsp3) is 0.333. The molecule has 0 aliphatic heterocycles. The van der Waals surface area contributed by atoms with Crippen molar-refractivity contribution in [3.63, 3.8) is 0 Å². The first-order valence-corrected chi connectivity index (χ1v) is 10.3. The van der Waals surface area contributed by atoms with Crippen LogP contribution in [0.3, 0.4) is 0 Å². The van der Waals surface area contributed by atoms with Crippen molar-refractivity contribution in [2.45, 2.75) is 39.8 Å². The highest BCUT2D eigenvalue weighted by Gasteiger charge is 2.23. The summed E-state index contributed by atoms with van der Waals surface area (Å²) >= 11 is 1.60. The molecule has 0 aliphatic rings. The number of aromatic nitrogens is 3. The Morgan fingerprint density at radius 1 is 1.23 bits per heavy atom. The van der Waals surface area contributed by atoms with E-state index in [2.05, 4.69) is 20.3 Å². The molecule has 9 heteroatoms. The second-order valence-electron chi connectivity index (χ2n) is 7.14. The molecule has 3 aromatic rings. The number of carbonyl (C=O) groups is 1. The number of hydrogen-bond acceptors (Lipinski definition) is 7. The summed E-state index contributed by atoms with van der Waals surface area (Å²) in [5.74, 6) is -0.519. The van der Waals surface area contributed by atoms with Crippen LogP contribution in [-0.2, 0) is 17.8 Å². The molecule has 1 atom stereocenters. The fourth-order valence-electron chi connectivity index (χ4n) is 3.19. The van der Waals surface area contributed by atoms with Crippen LogP contribution >= 0.6 is 11.3 Å². The molecule has 2 aromatic heterocycles. The van der Waals surface area contributed by atoms with Gasteiger partial charge >= 0.3 is 0 Å². The van der Waals surface area contributed by atoms with Crippen molar-refractivity contribution in [3.8, 4) is 0 Å². The van der Waals surface area contributed by atoms with E-state index in [0.717, 1.165) is 26.7 Å². The zero-order valence-electron chi connectivity index (χ0n) is 17.4. The van der Waals surface area contributed by atoms with E-state index in [0.29, 0.717) is 6.54 Å². The summed E-state index contributed by atoms with van der Waals surface area (Å²) in [6.45, 7) is 6.31. The molecular weight excluding hydrogens is 403 g/mol. The molecule has 0 saturated heterocycles. The predicted molar refractivity (Wildman–Crippen MR) is 117 cm³/mol. The minimum Gasteiger partial charge on any atom is -0.369 e. The molecule has 0 fully saturated rings. The number of aryl methyl sites for hydroxylation is 2. The van der Waals surface area contributed by atoms with Crippen LogP contribution < -0.4 is 16.0 Å². The minimum atomic E-state index is -0.504. The average Bonchev–Trinajstić information content (AvgIpc) is 3.05. The zero-order valence-corrected chi connectivity index (χ0v) is 18.3. The van der Waals surface area contributed by atoms with Gasteiger partial charge in [-0.2, -0.15) is 4.39 Å². The molecule has 3 rings (SSSR count). The summed E-state index contributed by atoms with van der Waals surface area (Å²) < 4.78 is 15.1. The predicted octanol–water partition coefficient (Wildman–Crippen LogP) is 3.53. The van der Waals surface area contributed by atoms with Gasteiger partial charge in [-0.15, -0.1) is 11.3 Å². The Morgan fingerprint density at radius 2 is 1.90 bits per heavy atom. The van der Waals surface area contributed by atoms with E-state index < -0.39 is 5.82 Å². The van der Waals surface area contributed by atoms with Gasteiger partial charge in [-0.3, -0.25) is 4.79 Å². The normalized spacial score (nSPS) is 11.9. The van der Waals surface area contributed by atoms with Gasteiger partial charge in [-0.25, -0.2) is 15.0 Å². The Labute approximate surface area is 179 Å². The van der Waals surface area contributed by atoms with Gasteiger partial charge in [0.2, 0.25) is 11.7 Å². The van der Waals surface area contributed by atoms with Crippen molar-refractivity contribution in [1.29, 1.82) is 0 Å². The van der Waals surface area contributed by atoms with Gasteiger partial charge < -0.3 is 16.0 Å². The van der Waals surface area contributed by atoms with Gasteiger partial charge in [0.05, 0.1) is 23.2 Å². The second kappa shape index (κ2) is 9.17. The second-order valence-corrected chi connectivity index (χ2v) is 8.38. The van der Waals surface area contributed by atoms with Crippen LogP contribution in [0, 0.1) is 19.7 Å². The molecule has 0 spiro atoms. The number of carbonyl (C=O) groups excluding carboxylic acids is 1. The lowest BCUT2D eigenvalue weighted by Gasteiger charge is -2.26. The number of rotatable bonds is 8. The maximum absolute atomic E-state index is 15.1. The Morgan fingerprint density at radius 3 is 2.50 bits per heavy atom. The van der Waals surface area contributed by atoms with E-state index in [1.807, 2.05) is 52.1 Å². The molecular formula is C21H25FN6OS. The van der Waals surface area contributed by atoms with Crippen LogP contribution in [0.4, 0.5) is 16.0 Å². The maximum atomic E-state index is 15.1. The Kier molecular flexibility index (Phi) is 6.61. The number of hydrogen-bond donors (Lipinski definition) is 2. The smallest absolute Gasteiger partial charge is 0.221 e. The van der Waals surface area contributed by atoms with E-state index in [-0.39, 0.29) is 30.0 Å². The van der Waals surface area contributed by atoms with Gasteiger partial charge in [0.25, 0.3) is 0 Å². The van der Waals surface area contributed by atoms with E-state index in [1.165, 1.54) is 6.33 Å². The molecule has 0 saturated carbocycles. The molecule has 0 bridgehead atoms.